The van der Waals surface area contributed by atoms with Gasteiger partial charge >= 0.3 is 6.18 Å². The molecule has 0 aromatic carbocycles. The van der Waals surface area contributed by atoms with E-state index < -0.39 is 17.4 Å². The van der Waals surface area contributed by atoms with Crippen molar-refractivity contribution < 1.29 is 18.3 Å². The normalized spacial score (nSPS) is 19.4. The average molecular weight is 277 g/mol. The summed E-state index contributed by atoms with van der Waals surface area (Å²) in [5.41, 5.74) is -1.35. The largest absolute Gasteiger partial charge is 0.435 e. The lowest BCUT2D eigenvalue weighted by molar-refractivity contribution is -0.141. The first-order chi connectivity index (χ1) is 8.82. The highest BCUT2D eigenvalue weighted by atomic mass is 19.4. The summed E-state index contributed by atoms with van der Waals surface area (Å²) in [6, 6.07) is 1.39. The number of nitrogens with zero attached hydrogens (tertiary/aromatic N) is 2. The summed E-state index contributed by atoms with van der Waals surface area (Å²) in [6.07, 6.45) is -0.375. The van der Waals surface area contributed by atoms with Crippen molar-refractivity contribution in [3.8, 4) is 0 Å². The molecule has 7 heteroatoms. The molecule has 1 heterocycles. The van der Waals surface area contributed by atoms with Crippen LogP contribution in [0.3, 0.4) is 0 Å². The van der Waals surface area contributed by atoms with E-state index in [9.17, 15) is 18.3 Å². The van der Waals surface area contributed by atoms with Crippen LogP contribution in [0.25, 0.3) is 0 Å². The molecule has 0 radical (unpaired) electrons. The van der Waals surface area contributed by atoms with Crippen LogP contribution >= 0.6 is 0 Å². The van der Waals surface area contributed by atoms with Gasteiger partial charge in [0.2, 0.25) is 0 Å². The number of aliphatic hydroxyl groups excluding tert-OH is 1. The van der Waals surface area contributed by atoms with Gasteiger partial charge < -0.3 is 10.4 Å². The predicted octanol–water partition coefficient (Wildman–Crippen LogP) is 1.80. The van der Waals surface area contributed by atoms with Gasteiger partial charge in [0.05, 0.1) is 6.61 Å². The first-order valence-corrected chi connectivity index (χ1v) is 6.32. The van der Waals surface area contributed by atoms with Crippen molar-refractivity contribution in [3.63, 3.8) is 0 Å². The van der Waals surface area contributed by atoms with E-state index in [4.69, 9.17) is 0 Å². The number of hydrogen-bond acceptors (Lipinski definition) is 3. The zero-order valence-electron chi connectivity index (χ0n) is 10.7. The topological polar surface area (TPSA) is 50.1 Å². The van der Waals surface area contributed by atoms with E-state index in [1.54, 1.807) is 0 Å². The van der Waals surface area contributed by atoms with Crippen LogP contribution in [0.4, 0.5) is 13.2 Å². The predicted molar refractivity (Wildman–Crippen MR) is 63.5 cm³/mol. The number of alkyl halides is 3. The van der Waals surface area contributed by atoms with Gasteiger partial charge in [0.25, 0.3) is 0 Å². The summed E-state index contributed by atoms with van der Waals surface area (Å²) in [7, 11) is 0. The molecule has 0 saturated heterocycles. The molecule has 1 aliphatic carbocycles. The molecule has 19 heavy (non-hydrogen) atoms. The van der Waals surface area contributed by atoms with Crippen molar-refractivity contribution in [2.45, 2.75) is 50.5 Å². The van der Waals surface area contributed by atoms with Gasteiger partial charge in [0.1, 0.15) is 0 Å². The highest BCUT2D eigenvalue weighted by molar-refractivity contribution is 5.03. The number of halogens is 3. The maximum absolute atomic E-state index is 12.4. The van der Waals surface area contributed by atoms with E-state index in [1.807, 2.05) is 6.92 Å². The van der Waals surface area contributed by atoms with Crippen LogP contribution in [0.15, 0.2) is 12.3 Å². The Morgan fingerprint density at radius 1 is 1.47 bits per heavy atom. The first-order valence-electron chi connectivity index (χ1n) is 6.32. The molecular weight excluding hydrogens is 259 g/mol. The standard InChI is InChI=1S/C12H18F3N3O/c1-11(8-19,16-9-2-3-9)5-7-18-6-4-10(17-18)12(13,14)15/h4,6,9,16,19H,2-3,5,7-8H2,1H3. The quantitative estimate of drug-likeness (QED) is 0.833. The monoisotopic (exact) mass is 277 g/mol. The molecule has 1 saturated carbocycles. The maximum Gasteiger partial charge on any atom is 0.435 e. The second kappa shape index (κ2) is 5.13. The maximum atomic E-state index is 12.4. The lowest BCUT2D eigenvalue weighted by atomic mass is 9.99. The van der Waals surface area contributed by atoms with Gasteiger partial charge in [0, 0.05) is 24.3 Å². The molecule has 1 atom stereocenters. The number of nitrogens with one attached hydrogen (secondary N) is 1. The van der Waals surface area contributed by atoms with Gasteiger partial charge in [-0.05, 0) is 32.3 Å². The zero-order valence-corrected chi connectivity index (χ0v) is 10.7. The second-order valence-corrected chi connectivity index (χ2v) is 5.35. The summed E-state index contributed by atoms with van der Waals surface area (Å²) < 4.78 is 38.5. The van der Waals surface area contributed by atoms with E-state index in [2.05, 4.69) is 10.4 Å². The molecule has 0 aliphatic heterocycles. The Kier molecular flexibility index (Phi) is 3.87. The third kappa shape index (κ3) is 3.94. The molecule has 1 aliphatic rings. The van der Waals surface area contributed by atoms with E-state index in [0.29, 0.717) is 19.0 Å². The lowest BCUT2D eigenvalue weighted by Crippen LogP contribution is -2.47. The summed E-state index contributed by atoms with van der Waals surface area (Å²) in [4.78, 5) is 0. The molecule has 4 nitrogen and oxygen atoms in total. The third-order valence-electron chi connectivity index (χ3n) is 3.30. The van der Waals surface area contributed by atoms with Crippen molar-refractivity contribution in [1.29, 1.82) is 0 Å². The number of rotatable bonds is 6. The number of aliphatic hydroxyl groups is 1. The molecule has 1 aromatic rings. The molecule has 0 spiro atoms. The average Bonchev–Trinajstić information content (AvgIpc) is 2.99. The van der Waals surface area contributed by atoms with Crippen LogP contribution in [-0.2, 0) is 12.7 Å². The lowest BCUT2D eigenvalue weighted by Gasteiger charge is -2.29. The first kappa shape index (κ1) is 14.3. The van der Waals surface area contributed by atoms with Gasteiger partial charge in [-0.3, -0.25) is 4.68 Å². The fourth-order valence-corrected chi connectivity index (χ4v) is 1.92. The van der Waals surface area contributed by atoms with Gasteiger partial charge in [-0.25, -0.2) is 0 Å². The Morgan fingerprint density at radius 2 is 2.16 bits per heavy atom. The van der Waals surface area contributed by atoms with E-state index in [-0.39, 0.29) is 6.61 Å². The smallest absolute Gasteiger partial charge is 0.394 e. The summed E-state index contributed by atoms with van der Waals surface area (Å²) in [5, 5.41) is 16.2. The molecular formula is C12H18F3N3O. The fourth-order valence-electron chi connectivity index (χ4n) is 1.92. The Labute approximate surface area is 109 Å². The second-order valence-electron chi connectivity index (χ2n) is 5.35. The van der Waals surface area contributed by atoms with Gasteiger partial charge in [-0.2, -0.15) is 18.3 Å². The Balaban J connectivity index is 1.91. The Bertz CT molecular complexity index is 428. The minimum atomic E-state index is -4.40. The molecule has 108 valence electrons. The Morgan fingerprint density at radius 3 is 2.63 bits per heavy atom. The summed E-state index contributed by atoms with van der Waals surface area (Å²) >= 11 is 0. The molecule has 1 unspecified atom stereocenters. The van der Waals surface area contributed by atoms with E-state index in [1.165, 1.54) is 10.9 Å². The van der Waals surface area contributed by atoms with Crippen LogP contribution < -0.4 is 5.32 Å². The highest BCUT2D eigenvalue weighted by Gasteiger charge is 2.34. The van der Waals surface area contributed by atoms with Gasteiger partial charge in [-0.15, -0.1) is 0 Å². The molecule has 1 aromatic heterocycles. The van der Waals surface area contributed by atoms with Crippen LogP contribution in [0, 0.1) is 0 Å². The Hall–Kier alpha value is -1.08. The zero-order chi connectivity index (χ0) is 14.1. The van der Waals surface area contributed by atoms with Gasteiger partial charge in [-0.1, -0.05) is 0 Å². The summed E-state index contributed by atoms with van der Waals surface area (Å²) in [6.45, 7) is 2.17. The summed E-state index contributed by atoms with van der Waals surface area (Å²) in [5.74, 6) is 0. The van der Waals surface area contributed by atoms with Gasteiger partial charge in [0.15, 0.2) is 5.69 Å². The minimum absolute atomic E-state index is 0.0447. The molecule has 0 amide bonds. The number of hydrogen-bond donors (Lipinski definition) is 2. The third-order valence-corrected chi connectivity index (χ3v) is 3.30. The molecule has 2 N–H and O–H groups in total. The molecule has 0 bridgehead atoms. The van der Waals surface area contributed by atoms with Crippen molar-refractivity contribution in [2.75, 3.05) is 6.61 Å². The van der Waals surface area contributed by atoms with Crippen molar-refractivity contribution in [2.24, 2.45) is 0 Å². The molecule has 1 fully saturated rings. The van der Waals surface area contributed by atoms with Crippen molar-refractivity contribution in [1.82, 2.24) is 15.1 Å². The van der Waals surface area contributed by atoms with E-state index in [0.717, 1.165) is 18.9 Å². The SMILES string of the molecule is CC(CO)(CCn1ccc(C(F)(F)F)n1)NC1CC1. The minimum Gasteiger partial charge on any atom is -0.394 e. The van der Waals surface area contributed by atoms with E-state index >= 15 is 0 Å². The van der Waals surface area contributed by atoms with Crippen LogP contribution in [-0.4, -0.2) is 33.1 Å². The molecule has 2 rings (SSSR count). The van der Waals surface area contributed by atoms with Crippen molar-refractivity contribution in [3.05, 3.63) is 18.0 Å². The van der Waals surface area contributed by atoms with Crippen LogP contribution in [0.5, 0.6) is 0 Å². The highest BCUT2D eigenvalue weighted by Crippen LogP contribution is 2.28. The fraction of sp³-hybridized carbons (Fsp3) is 0.750. The van der Waals surface area contributed by atoms with Crippen LogP contribution in [0.2, 0.25) is 0 Å². The number of aromatic nitrogens is 2. The van der Waals surface area contributed by atoms with Crippen molar-refractivity contribution >= 4 is 0 Å². The number of aryl methyl sites for hydroxylation is 1. The van der Waals surface area contributed by atoms with Crippen LogP contribution in [0.1, 0.15) is 31.9 Å².